The van der Waals surface area contributed by atoms with Crippen molar-refractivity contribution in [2.45, 2.75) is 38.1 Å². The lowest BCUT2D eigenvalue weighted by atomic mass is 9.95. The number of imidazole rings is 1. The van der Waals surface area contributed by atoms with Crippen molar-refractivity contribution in [2.24, 2.45) is 0 Å². The van der Waals surface area contributed by atoms with Crippen LogP contribution in [0.15, 0.2) is 60.9 Å². The molecule has 1 saturated carbocycles. The number of aromatic nitrogens is 4. The first-order chi connectivity index (χ1) is 15.8. The molecule has 1 fully saturated rings. The highest BCUT2D eigenvalue weighted by molar-refractivity contribution is 5.85. The maximum Gasteiger partial charge on any atom is 0.166 e. The van der Waals surface area contributed by atoms with Crippen LogP contribution in [0.3, 0.4) is 0 Å². The SMILES string of the molecule is Nc1cccc(-c2nc(NCCOc3ccccc3)c3ncn(C4CCCCC4)c3n2)c1. The van der Waals surface area contributed by atoms with Gasteiger partial charge in [-0.05, 0) is 37.1 Å². The summed E-state index contributed by atoms with van der Waals surface area (Å²) in [6.45, 7) is 1.13. The Balaban J connectivity index is 1.45. The predicted octanol–water partition coefficient (Wildman–Crippen LogP) is 5.07. The van der Waals surface area contributed by atoms with Gasteiger partial charge in [0.15, 0.2) is 17.3 Å². The molecule has 2 heterocycles. The maximum absolute atomic E-state index is 6.02. The second-order valence-electron chi connectivity index (χ2n) is 8.23. The van der Waals surface area contributed by atoms with Gasteiger partial charge in [0.2, 0.25) is 0 Å². The zero-order valence-corrected chi connectivity index (χ0v) is 18.1. The summed E-state index contributed by atoms with van der Waals surface area (Å²) < 4.78 is 8.06. The van der Waals surface area contributed by atoms with Crippen molar-refractivity contribution in [3.8, 4) is 17.1 Å². The molecule has 0 radical (unpaired) electrons. The summed E-state index contributed by atoms with van der Waals surface area (Å²) in [5.41, 5.74) is 9.27. The summed E-state index contributed by atoms with van der Waals surface area (Å²) in [4.78, 5) is 14.4. The van der Waals surface area contributed by atoms with Crippen LogP contribution in [0.1, 0.15) is 38.1 Å². The molecule has 7 nitrogen and oxygen atoms in total. The number of rotatable bonds is 7. The molecule has 2 aromatic carbocycles. The largest absolute Gasteiger partial charge is 0.492 e. The van der Waals surface area contributed by atoms with Crippen LogP contribution < -0.4 is 15.8 Å². The summed E-state index contributed by atoms with van der Waals surface area (Å²) in [7, 11) is 0. The second-order valence-corrected chi connectivity index (χ2v) is 8.23. The van der Waals surface area contributed by atoms with Gasteiger partial charge in [0, 0.05) is 17.3 Å². The first-order valence-corrected chi connectivity index (χ1v) is 11.3. The third kappa shape index (κ3) is 4.37. The minimum Gasteiger partial charge on any atom is -0.492 e. The molecule has 0 unspecified atom stereocenters. The Morgan fingerprint density at radius 2 is 1.84 bits per heavy atom. The first-order valence-electron chi connectivity index (χ1n) is 11.3. The van der Waals surface area contributed by atoms with Gasteiger partial charge in [0.05, 0.1) is 12.9 Å². The van der Waals surface area contributed by atoms with Crippen LogP contribution in [0.25, 0.3) is 22.6 Å². The number of nitrogens with one attached hydrogen (secondary N) is 1. The highest BCUT2D eigenvalue weighted by atomic mass is 16.5. The fraction of sp³-hybridized carbons (Fsp3) is 0.320. The normalized spacial score (nSPS) is 14.5. The molecule has 7 heteroatoms. The lowest BCUT2D eigenvalue weighted by Gasteiger charge is -2.23. The van der Waals surface area contributed by atoms with E-state index in [0.29, 0.717) is 30.7 Å². The third-order valence-corrected chi connectivity index (χ3v) is 5.94. The lowest BCUT2D eigenvalue weighted by Crippen LogP contribution is -2.14. The van der Waals surface area contributed by atoms with Crippen molar-refractivity contribution in [3.05, 3.63) is 60.9 Å². The summed E-state index contributed by atoms with van der Waals surface area (Å²) in [5, 5.41) is 3.42. The lowest BCUT2D eigenvalue weighted by molar-refractivity contribution is 0.333. The standard InChI is InChI=1S/C25H28N6O/c26-19-9-7-8-18(16-19)23-29-24(27-14-15-32-21-12-5-2-6-13-21)22-25(30-23)31(17-28-22)20-10-3-1-4-11-20/h2,5-9,12-13,16-17,20H,1,3-4,10-11,14-15,26H2,(H,27,29,30). The van der Waals surface area contributed by atoms with Gasteiger partial charge in [0.25, 0.3) is 0 Å². The van der Waals surface area contributed by atoms with E-state index in [0.717, 1.165) is 41.1 Å². The number of ether oxygens (including phenoxy) is 1. The van der Waals surface area contributed by atoms with E-state index in [9.17, 15) is 0 Å². The number of para-hydroxylation sites is 1. The Hall–Kier alpha value is -3.61. The summed E-state index contributed by atoms with van der Waals surface area (Å²) >= 11 is 0. The Kier molecular flexibility index (Phi) is 5.87. The molecule has 5 rings (SSSR count). The van der Waals surface area contributed by atoms with Gasteiger partial charge in [-0.15, -0.1) is 0 Å². The number of anilines is 2. The van der Waals surface area contributed by atoms with Crippen LogP contribution in [0, 0.1) is 0 Å². The van der Waals surface area contributed by atoms with Gasteiger partial charge in [-0.25, -0.2) is 15.0 Å². The van der Waals surface area contributed by atoms with Gasteiger partial charge in [-0.1, -0.05) is 49.6 Å². The van der Waals surface area contributed by atoms with E-state index < -0.39 is 0 Å². The van der Waals surface area contributed by atoms with Crippen LogP contribution in [0.5, 0.6) is 5.75 Å². The van der Waals surface area contributed by atoms with E-state index in [2.05, 4.69) is 9.88 Å². The molecule has 4 aromatic rings. The number of fused-ring (bicyclic) bond motifs is 1. The van der Waals surface area contributed by atoms with E-state index in [1.165, 1.54) is 19.3 Å². The van der Waals surface area contributed by atoms with Crippen LogP contribution in [0.2, 0.25) is 0 Å². The van der Waals surface area contributed by atoms with Crippen LogP contribution in [-0.2, 0) is 0 Å². The highest BCUT2D eigenvalue weighted by Gasteiger charge is 2.21. The number of hydrogen-bond donors (Lipinski definition) is 2. The van der Waals surface area contributed by atoms with E-state index in [1.807, 2.05) is 60.9 Å². The van der Waals surface area contributed by atoms with Crippen LogP contribution in [0.4, 0.5) is 11.5 Å². The molecule has 0 spiro atoms. The van der Waals surface area contributed by atoms with Crippen LogP contribution in [-0.4, -0.2) is 32.7 Å². The molecule has 1 aliphatic rings. The third-order valence-electron chi connectivity index (χ3n) is 5.94. The topological polar surface area (TPSA) is 90.9 Å². The van der Waals surface area contributed by atoms with Gasteiger partial charge < -0.3 is 20.4 Å². The molecular weight excluding hydrogens is 400 g/mol. The van der Waals surface area contributed by atoms with E-state index in [-0.39, 0.29) is 0 Å². The Bertz CT molecular complexity index is 1180. The Morgan fingerprint density at radius 3 is 2.66 bits per heavy atom. The fourth-order valence-electron chi connectivity index (χ4n) is 4.33. The van der Waals surface area contributed by atoms with Crippen molar-refractivity contribution in [3.63, 3.8) is 0 Å². The predicted molar refractivity (Wildman–Crippen MR) is 128 cm³/mol. The summed E-state index contributed by atoms with van der Waals surface area (Å²) in [6.07, 6.45) is 8.05. The number of nitrogen functional groups attached to an aromatic ring is 1. The van der Waals surface area contributed by atoms with Gasteiger partial charge in [0.1, 0.15) is 17.9 Å². The molecular formula is C25H28N6O. The van der Waals surface area contributed by atoms with E-state index >= 15 is 0 Å². The Labute approximate surface area is 187 Å². The van der Waals surface area contributed by atoms with Crippen molar-refractivity contribution in [1.82, 2.24) is 19.5 Å². The maximum atomic E-state index is 6.02. The quantitative estimate of drug-likeness (QED) is 0.315. The molecule has 0 saturated heterocycles. The zero-order valence-electron chi connectivity index (χ0n) is 18.1. The monoisotopic (exact) mass is 428 g/mol. The number of nitrogens with zero attached hydrogens (tertiary/aromatic N) is 4. The number of hydrogen-bond acceptors (Lipinski definition) is 6. The van der Waals surface area contributed by atoms with Gasteiger partial charge in [-0.2, -0.15) is 0 Å². The highest BCUT2D eigenvalue weighted by Crippen LogP contribution is 2.32. The van der Waals surface area contributed by atoms with Gasteiger partial charge in [-0.3, -0.25) is 0 Å². The van der Waals surface area contributed by atoms with Crippen molar-refractivity contribution in [1.29, 1.82) is 0 Å². The average molecular weight is 429 g/mol. The minimum atomic E-state index is 0.437. The zero-order chi connectivity index (χ0) is 21.8. The number of nitrogens with two attached hydrogens (primary N) is 1. The molecule has 0 aliphatic heterocycles. The molecule has 0 amide bonds. The Morgan fingerprint density at radius 1 is 1.00 bits per heavy atom. The molecule has 32 heavy (non-hydrogen) atoms. The average Bonchev–Trinajstić information content (AvgIpc) is 3.27. The van der Waals surface area contributed by atoms with Crippen molar-refractivity contribution >= 4 is 22.7 Å². The van der Waals surface area contributed by atoms with Gasteiger partial charge >= 0.3 is 0 Å². The summed E-state index contributed by atoms with van der Waals surface area (Å²) in [6, 6.07) is 17.9. The molecule has 2 aromatic heterocycles. The summed E-state index contributed by atoms with van der Waals surface area (Å²) in [5.74, 6) is 2.22. The fourth-order valence-corrected chi connectivity index (χ4v) is 4.33. The van der Waals surface area contributed by atoms with Crippen molar-refractivity contribution < 1.29 is 4.74 Å². The second kappa shape index (κ2) is 9.26. The molecule has 164 valence electrons. The smallest absolute Gasteiger partial charge is 0.166 e. The molecule has 1 aliphatic carbocycles. The van der Waals surface area contributed by atoms with Crippen molar-refractivity contribution in [2.75, 3.05) is 24.2 Å². The molecule has 3 N–H and O–H groups in total. The first kappa shape index (κ1) is 20.3. The number of benzene rings is 2. The molecule has 0 atom stereocenters. The van der Waals surface area contributed by atoms with E-state index in [4.69, 9.17) is 25.4 Å². The minimum absolute atomic E-state index is 0.437. The molecule has 0 bridgehead atoms. The van der Waals surface area contributed by atoms with Crippen LogP contribution >= 0.6 is 0 Å². The van der Waals surface area contributed by atoms with E-state index in [1.54, 1.807) is 0 Å².